The zero-order valence-corrected chi connectivity index (χ0v) is 9.35. The Bertz CT molecular complexity index is 191. The van der Waals surface area contributed by atoms with E-state index in [0.29, 0.717) is 11.0 Å². The van der Waals surface area contributed by atoms with Crippen LogP contribution >= 0.6 is 0 Å². The van der Waals surface area contributed by atoms with Crippen LogP contribution in [0.3, 0.4) is 0 Å². The third kappa shape index (κ3) is 1.50. The molecule has 0 bridgehead atoms. The Kier molecular flexibility index (Phi) is 1.97. The molecule has 0 atom stereocenters. The maximum atomic E-state index is 3.36. The average molecular weight is 182 g/mol. The fraction of sp³-hybridized carbons (Fsp3) is 1.00. The molecule has 1 saturated carbocycles. The minimum atomic E-state index is 0.385. The third-order valence-corrected chi connectivity index (χ3v) is 3.77. The Balaban J connectivity index is 1.80. The molecular formula is C11H22N2. The molecule has 1 aliphatic heterocycles. The molecule has 1 heterocycles. The SMILES string of the molecule is CNC1CC2(C1)CN(C(C)(C)C)C2. The van der Waals surface area contributed by atoms with Crippen LogP contribution in [0.15, 0.2) is 0 Å². The monoisotopic (exact) mass is 182 g/mol. The lowest BCUT2D eigenvalue weighted by molar-refractivity contribution is -0.116. The fourth-order valence-electron chi connectivity index (χ4n) is 2.69. The van der Waals surface area contributed by atoms with Gasteiger partial charge in [0.1, 0.15) is 0 Å². The van der Waals surface area contributed by atoms with Crippen molar-refractivity contribution >= 4 is 0 Å². The van der Waals surface area contributed by atoms with Crippen LogP contribution in [0.1, 0.15) is 33.6 Å². The van der Waals surface area contributed by atoms with E-state index >= 15 is 0 Å². The van der Waals surface area contributed by atoms with Gasteiger partial charge >= 0.3 is 0 Å². The second kappa shape index (κ2) is 2.71. The van der Waals surface area contributed by atoms with Crippen LogP contribution in [0.25, 0.3) is 0 Å². The van der Waals surface area contributed by atoms with Crippen molar-refractivity contribution in [3.8, 4) is 0 Å². The molecule has 2 fully saturated rings. The van der Waals surface area contributed by atoms with Crippen molar-refractivity contribution in [3.63, 3.8) is 0 Å². The van der Waals surface area contributed by atoms with Crippen LogP contribution in [0, 0.1) is 5.41 Å². The van der Waals surface area contributed by atoms with E-state index in [9.17, 15) is 0 Å². The van der Waals surface area contributed by atoms with Crippen LogP contribution in [0.4, 0.5) is 0 Å². The smallest absolute Gasteiger partial charge is 0.0125 e. The first-order valence-corrected chi connectivity index (χ1v) is 5.38. The summed E-state index contributed by atoms with van der Waals surface area (Å²) in [6.45, 7) is 9.60. The minimum absolute atomic E-state index is 0.385. The highest BCUT2D eigenvalue weighted by molar-refractivity contribution is 5.08. The Morgan fingerprint density at radius 1 is 1.23 bits per heavy atom. The molecule has 2 nitrogen and oxygen atoms in total. The van der Waals surface area contributed by atoms with Gasteiger partial charge in [-0.05, 0) is 46.1 Å². The third-order valence-electron chi connectivity index (χ3n) is 3.77. The maximum Gasteiger partial charge on any atom is 0.0125 e. The van der Waals surface area contributed by atoms with Crippen LogP contribution in [0.5, 0.6) is 0 Å². The topological polar surface area (TPSA) is 15.3 Å². The average Bonchev–Trinajstić information content (AvgIpc) is 1.78. The summed E-state index contributed by atoms with van der Waals surface area (Å²) in [5.41, 5.74) is 1.09. The zero-order valence-electron chi connectivity index (χ0n) is 9.35. The van der Waals surface area contributed by atoms with Crippen LogP contribution in [-0.4, -0.2) is 36.6 Å². The molecule has 1 N–H and O–H groups in total. The van der Waals surface area contributed by atoms with Gasteiger partial charge in [0, 0.05) is 24.7 Å². The fourth-order valence-corrected chi connectivity index (χ4v) is 2.69. The molecular weight excluding hydrogens is 160 g/mol. The van der Waals surface area contributed by atoms with Crippen LogP contribution in [-0.2, 0) is 0 Å². The second-order valence-corrected chi connectivity index (χ2v) is 5.92. The number of likely N-dealkylation sites (tertiary alicyclic amines) is 1. The van der Waals surface area contributed by atoms with Gasteiger partial charge in [-0.15, -0.1) is 0 Å². The van der Waals surface area contributed by atoms with E-state index in [0.717, 1.165) is 6.04 Å². The highest BCUT2D eigenvalue weighted by Gasteiger charge is 2.53. The molecule has 2 rings (SSSR count). The Labute approximate surface area is 81.7 Å². The first-order chi connectivity index (χ1) is 5.95. The second-order valence-electron chi connectivity index (χ2n) is 5.92. The highest BCUT2D eigenvalue weighted by atomic mass is 15.3. The molecule has 13 heavy (non-hydrogen) atoms. The summed E-state index contributed by atoms with van der Waals surface area (Å²) in [5.74, 6) is 0. The predicted octanol–water partition coefficient (Wildman–Crippen LogP) is 1.47. The lowest BCUT2D eigenvalue weighted by Gasteiger charge is -2.62. The first kappa shape index (κ1) is 9.47. The van der Waals surface area contributed by atoms with Crippen molar-refractivity contribution < 1.29 is 0 Å². The molecule has 0 aromatic carbocycles. The summed E-state index contributed by atoms with van der Waals surface area (Å²) in [4.78, 5) is 2.60. The zero-order chi connectivity index (χ0) is 9.69. The van der Waals surface area contributed by atoms with Crippen molar-refractivity contribution in [2.24, 2.45) is 5.41 Å². The van der Waals surface area contributed by atoms with Gasteiger partial charge in [-0.3, -0.25) is 4.90 Å². The van der Waals surface area contributed by atoms with E-state index in [2.05, 4.69) is 38.0 Å². The standard InChI is InChI=1S/C11H22N2/c1-10(2,3)13-7-11(8-13)5-9(6-11)12-4/h9,12H,5-8H2,1-4H3. The predicted molar refractivity (Wildman–Crippen MR) is 55.8 cm³/mol. The molecule has 2 heteroatoms. The van der Waals surface area contributed by atoms with E-state index in [4.69, 9.17) is 0 Å². The van der Waals surface area contributed by atoms with Crippen molar-refractivity contribution in [3.05, 3.63) is 0 Å². The minimum Gasteiger partial charge on any atom is -0.317 e. The van der Waals surface area contributed by atoms with Gasteiger partial charge < -0.3 is 5.32 Å². The molecule has 0 aromatic heterocycles. The summed E-state index contributed by atoms with van der Waals surface area (Å²) in [6, 6.07) is 0.808. The van der Waals surface area contributed by atoms with Gasteiger partial charge in [0.25, 0.3) is 0 Å². The lowest BCUT2D eigenvalue weighted by Crippen LogP contribution is -2.69. The van der Waals surface area contributed by atoms with Crippen molar-refractivity contribution in [1.29, 1.82) is 0 Å². The Morgan fingerprint density at radius 2 is 1.77 bits per heavy atom. The van der Waals surface area contributed by atoms with Crippen LogP contribution < -0.4 is 5.32 Å². The molecule has 1 spiro atoms. The number of hydrogen-bond donors (Lipinski definition) is 1. The van der Waals surface area contributed by atoms with Gasteiger partial charge in [-0.1, -0.05) is 0 Å². The summed E-state index contributed by atoms with van der Waals surface area (Å²) in [7, 11) is 2.08. The summed E-state index contributed by atoms with van der Waals surface area (Å²) < 4.78 is 0. The van der Waals surface area contributed by atoms with Crippen molar-refractivity contribution in [1.82, 2.24) is 10.2 Å². The number of hydrogen-bond acceptors (Lipinski definition) is 2. The van der Waals surface area contributed by atoms with Gasteiger partial charge in [0.2, 0.25) is 0 Å². The van der Waals surface area contributed by atoms with E-state index in [1.165, 1.54) is 25.9 Å². The summed E-state index contributed by atoms with van der Waals surface area (Å²) >= 11 is 0. The Morgan fingerprint density at radius 3 is 2.15 bits per heavy atom. The molecule has 0 radical (unpaired) electrons. The molecule has 1 saturated heterocycles. The van der Waals surface area contributed by atoms with E-state index in [1.54, 1.807) is 0 Å². The molecule has 2 aliphatic rings. The van der Waals surface area contributed by atoms with E-state index < -0.39 is 0 Å². The van der Waals surface area contributed by atoms with Crippen molar-refractivity contribution in [2.75, 3.05) is 20.1 Å². The molecule has 1 aliphatic carbocycles. The summed E-state index contributed by atoms with van der Waals surface area (Å²) in [6.07, 6.45) is 2.80. The first-order valence-electron chi connectivity index (χ1n) is 5.38. The van der Waals surface area contributed by atoms with Gasteiger partial charge in [-0.25, -0.2) is 0 Å². The normalized spacial score (nSPS) is 28.6. The largest absolute Gasteiger partial charge is 0.317 e. The molecule has 0 amide bonds. The van der Waals surface area contributed by atoms with Gasteiger partial charge in [0.05, 0.1) is 0 Å². The molecule has 76 valence electrons. The number of nitrogens with zero attached hydrogens (tertiary/aromatic N) is 1. The molecule has 0 aromatic rings. The molecule has 0 unspecified atom stereocenters. The lowest BCUT2D eigenvalue weighted by atomic mass is 9.60. The van der Waals surface area contributed by atoms with E-state index in [1.807, 2.05) is 0 Å². The number of rotatable bonds is 1. The number of nitrogens with one attached hydrogen (secondary N) is 1. The Hall–Kier alpha value is -0.0800. The van der Waals surface area contributed by atoms with E-state index in [-0.39, 0.29) is 0 Å². The van der Waals surface area contributed by atoms with Gasteiger partial charge in [-0.2, -0.15) is 0 Å². The highest BCUT2D eigenvalue weighted by Crippen LogP contribution is 2.50. The quantitative estimate of drug-likeness (QED) is 0.660. The van der Waals surface area contributed by atoms with Crippen molar-refractivity contribution in [2.45, 2.75) is 45.2 Å². The van der Waals surface area contributed by atoms with Gasteiger partial charge in [0.15, 0.2) is 0 Å². The maximum absolute atomic E-state index is 3.36. The summed E-state index contributed by atoms with van der Waals surface area (Å²) in [5, 5.41) is 3.36. The van der Waals surface area contributed by atoms with Crippen LogP contribution in [0.2, 0.25) is 0 Å².